The highest BCUT2D eigenvalue weighted by molar-refractivity contribution is 6.09. The van der Waals surface area contributed by atoms with Crippen molar-refractivity contribution in [1.82, 2.24) is 14.1 Å². The number of nitrogens with zero attached hydrogens (tertiary/aromatic N) is 4. The number of ether oxygens (including phenoxy) is 2. The van der Waals surface area contributed by atoms with Crippen molar-refractivity contribution >= 4 is 32.8 Å². The average molecular weight is 777 g/mol. The number of hydrogen-bond donors (Lipinski definition) is 0. The molecule has 3 aromatic heterocycles. The molecule has 288 valence electrons. The summed E-state index contributed by atoms with van der Waals surface area (Å²) in [5.74, 6) is 4.05. The van der Waals surface area contributed by atoms with E-state index < -0.39 is 5.41 Å². The summed E-state index contributed by atoms with van der Waals surface area (Å²) in [5.41, 5.74) is 12.5. The Kier molecular flexibility index (Phi) is 7.22. The first-order valence-corrected chi connectivity index (χ1v) is 20.5. The number of para-hydroxylation sites is 2. The van der Waals surface area contributed by atoms with Crippen LogP contribution in [0.3, 0.4) is 0 Å². The Balaban J connectivity index is 1.12. The van der Waals surface area contributed by atoms with Gasteiger partial charge in [-0.3, -0.25) is 4.57 Å². The van der Waals surface area contributed by atoms with Gasteiger partial charge in [-0.05, 0) is 93.9 Å². The lowest BCUT2D eigenvalue weighted by Gasteiger charge is -2.48. The van der Waals surface area contributed by atoms with Gasteiger partial charge >= 0.3 is 0 Å². The molecule has 5 heterocycles. The zero-order chi connectivity index (χ0) is 40.3. The van der Waals surface area contributed by atoms with Crippen LogP contribution in [-0.4, -0.2) is 14.1 Å². The molecule has 0 saturated heterocycles. The third kappa shape index (κ3) is 4.82. The van der Waals surface area contributed by atoms with Gasteiger partial charge in [0.15, 0.2) is 0 Å². The maximum atomic E-state index is 6.99. The second kappa shape index (κ2) is 12.5. The second-order valence-electron chi connectivity index (χ2n) is 17.0. The van der Waals surface area contributed by atoms with Gasteiger partial charge in [-0.25, -0.2) is 4.98 Å². The maximum Gasteiger partial charge on any atom is 0.244 e. The summed E-state index contributed by atoms with van der Waals surface area (Å²) in [6.45, 7) is 6.90. The Morgan fingerprint density at radius 3 is 2.27 bits per heavy atom. The minimum atomic E-state index is -0.747. The summed E-state index contributed by atoms with van der Waals surface area (Å²) >= 11 is 0. The molecule has 10 aromatic rings. The molecule has 7 aromatic carbocycles. The van der Waals surface area contributed by atoms with Crippen LogP contribution in [0.25, 0.3) is 55.5 Å². The normalized spacial score (nSPS) is 15.2. The summed E-state index contributed by atoms with van der Waals surface area (Å²) in [5, 5.41) is 2.32. The summed E-state index contributed by atoms with van der Waals surface area (Å²) in [7, 11) is 2.08. The van der Waals surface area contributed by atoms with Gasteiger partial charge in [0.25, 0.3) is 0 Å². The van der Waals surface area contributed by atoms with E-state index >= 15 is 0 Å². The SMILES string of the molecule is C[n+]1[c-]n2c3c(cccc31)C1(c3cc(-c4ccccc4)ccc3Oc3cccc(C(C)(C)C)c31)c1ccc(Oc3ccc4c5ccccc5n(-c5ccccn5)c4c3)cc1-2. The van der Waals surface area contributed by atoms with Gasteiger partial charge in [0.2, 0.25) is 6.33 Å². The first-order chi connectivity index (χ1) is 29.3. The van der Waals surface area contributed by atoms with Gasteiger partial charge in [-0.2, -0.15) is 0 Å². The predicted octanol–water partition coefficient (Wildman–Crippen LogP) is 12.3. The van der Waals surface area contributed by atoms with Crippen LogP contribution >= 0.6 is 0 Å². The molecule has 1 unspecified atom stereocenters. The zero-order valence-corrected chi connectivity index (χ0v) is 33.8. The van der Waals surface area contributed by atoms with Crippen LogP contribution in [0.2, 0.25) is 0 Å². The fraction of sp³-hybridized carbons (Fsp3) is 0.111. The molecule has 0 radical (unpaired) electrons. The topological polar surface area (TPSA) is 45.1 Å². The number of rotatable bonds is 4. The van der Waals surface area contributed by atoms with Crippen LogP contribution in [0.4, 0.5) is 0 Å². The number of aryl methyl sites for hydroxylation is 1. The first kappa shape index (κ1) is 34.6. The number of pyridine rings is 1. The summed E-state index contributed by atoms with van der Waals surface area (Å²) < 4.78 is 20.4. The van der Waals surface area contributed by atoms with Crippen molar-refractivity contribution in [2.24, 2.45) is 7.05 Å². The van der Waals surface area contributed by atoms with Gasteiger partial charge in [0.1, 0.15) is 28.8 Å². The molecule has 12 rings (SSSR count). The lowest BCUT2D eigenvalue weighted by molar-refractivity contribution is -0.649. The van der Waals surface area contributed by atoms with Gasteiger partial charge in [-0.15, -0.1) is 0 Å². The van der Waals surface area contributed by atoms with E-state index in [-0.39, 0.29) is 5.41 Å². The fourth-order valence-corrected chi connectivity index (χ4v) is 10.0. The average Bonchev–Trinajstić information content (AvgIpc) is 3.79. The standard InChI is InChI=1S/C54H40N4O2/c1-53(2,3)41-17-13-21-49-51(41)54(43-30-35(23-28-48(43)60-49)34-14-6-5-7-15-34)40-27-25-37(32-47(40)57-33-56(4)45-20-12-18-42(54)52(45)57)59-36-24-26-39-38-16-8-9-19-44(38)58(46(39)31-36)50-22-10-11-29-55-50/h5-32H,1-4H3. The molecule has 0 N–H and O–H groups in total. The van der Waals surface area contributed by atoms with E-state index in [1.54, 1.807) is 0 Å². The van der Waals surface area contributed by atoms with Crippen LogP contribution in [0.15, 0.2) is 170 Å². The third-order valence-corrected chi connectivity index (χ3v) is 12.5. The summed E-state index contributed by atoms with van der Waals surface area (Å²) in [6, 6.07) is 58.0. The Hall–Kier alpha value is -7.44. The Labute approximate surface area is 348 Å². The molecule has 0 bridgehead atoms. The smallest absolute Gasteiger partial charge is 0.244 e. The number of fused-ring (bicyclic) bond motifs is 11. The summed E-state index contributed by atoms with van der Waals surface area (Å²) in [6.07, 6.45) is 5.53. The molecule has 2 aliphatic heterocycles. The third-order valence-electron chi connectivity index (χ3n) is 12.5. The number of aromatic nitrogens is 4. The number of imidazole rings is 1. The lowest BCUT2D eigenvalue weighted by Crippen LogP contribution is -2.40. The first-order valence-electron chi connectivity index (χ1n) is 20.5. The van der Waals surface area contributed by atoms with E-state index in [0.717, 1.165) is 84.2 Å². The summed E-state index contributed by atoms with van der Waals surface area (Å²) in [4.78, 5) is 4.74. The molecule has 2 aliphatic rings. The van der Waals surface area contributed by atoms with Crippen molar-refractivity contribution in [1.29, 1.82) is 0 Å². The highest BCUT2D eigenvalue weighted by atomic mass is 16.5. The van der Waals surface area contributed by atoms with Crippen LogP contribution in [0.1, 0.15) is 48.6 Å². The van der Waals surface area contributed by atoms with Crippen molar-refractivity contribution in [3.8, 4) is 45.6 Å². The minimum Gasteiger partial charge on any atom is -0.458 e. The van der Waals surface area contributed by atoms with Crippen LogP contribution in [0, 0.1) is 6.33 Å². The van der Waals surface area contributed by atoms with Gasteiger partial charge in [-0.1, -0.05) is 118 Å². The Morgan fingerprint density at radius 2 is 1.42 bits per heavy atom. The molecule has 0 fully saturated rings. The molecular weight excluding hydrogens is 737 g/mol. The van der Waals surface area contributed by atoms with E-state index in [1.165, 1.54) is 22.1 Å². The second-order valence-corrected chi connectivity index (χ2v) is 17.0. The van der Waals surface area contributed by atoms with Gasteiger partial charge in [0.05, 0.1) is 40.2 Å². The van der Waals surface area contributed by atoms with E-state index in [0.29, 0.717) is 0 Å². The zero-order valence-electron chi connectivity index (χ0n) is 33.8. The van der Waals surface area contributed by atoms with Crippen molar-refractivity contribution in [3.05, 3.63) is 204 Å². The monoisotopic (exact) mass is 776 g/mol. The van der Waals surface area contributed by atoms with Gasteiger partial charge < -0.3 is 18.6 Å². The van der Waals surface area contributed by atoms with E-state index in [1.807, 2.05) is 24.4 Å². The van der Waals surface area contributed by atoms with Crippen LogP contribution < -0.4 is 14.0 Å². The van der Waals surface area contributed by atoms with Crippen LogP contribution in [-0.2, 0) is 17.9 Å². The minimum absolute atomic E-state index is 0.194. The fourth-order valence-electron chi connectivity index (χ4n) is 10.0. The predicted molar refractivity (Wildman–Crippen MR) is 238 cm³/mol. The molecule has 6 heteroatoms. The van der Waals surface area contributed by atoms with Gasteiger partial charge in [0, 0.05) is 34.2 Å². The Bertz CT molecular complexity index is 3370. The lowest BCUT2D eigenvalue weighted by atomic mass is 9.59. The van der Waals surface area contributed by atoms with E-state index in [9.17, 15) is 0 Å². The molecule has 0 amide bonds. The van der Waals surface area contributed by atoms with E-state index in [4.69, 9.17) is 14.5 Å². The molecule has 1 atom stereocenters. The molecular formula is C54H40N4O2. The quantitative estimate of drug-likeness (QED) is 0.132. The highest BCUT2D eigenvalue weighted by Gasteiger charge is 2.51. The van der Waals surface area contributed by atoms with Crippen molar-refractivity contribution in [2.75, 3.05) is 0 Å². The van der Waals surface area contributed by atoms with E-state index in [2.05, 4.69) is 193 Å². The molecule has 0 aliphatic carbocycles. The van der Waals surface area contributed by atoms with Crippen molar-refractivity contribution in [2.45, 2.75) is 31.6 Å². The number of benzene rings is 7. The molecule has 0 saturated carbocycles. The molecule has 6 nitrogen and oxygen atoms in total. The van der Waals surface area contributed by atoms with Crippen molar-refractivity contribution in [3.63, 3.8) is 0 Å². The maximum absolute atomic E-state index is 6.99. The van der Waals surface area contributed by atoms with Crippen molar-refractivity contribution < 1.29 is 14.0 Å². The van der Waals surface area contributed by atoms with Crippen LogP contribution in [0.5, 0.6) is 23.0 Å². The number of hydrogen-bond acceptors (Lipinski definition) is 3. The molecule has 60 heavy (non-hydrogen) atoms. The Morgan fingerprint density at radius 1 is 0.633 bits per heavy atom. The largest absolute Gasteiger partial charge is 0.458 e. The molecule has 1 spiro atoms. The highest BCUT2D eigenvalue weighted by Crippen LogP contribution is 2.61.